The van der Waals surface area contributed by atoms with Gasteiger partial charge in [0.1, 0.15) is 5.75 Å². The normalized spacial score (nSPS) is 10.2. The molecule has 0 aliphatic rings. The van der Waals surface area contributed by atoms with E-state index in [9.17, 15) is 9.59 Å². The monoisotopic (exact) mass is 278 g/mol. The Kier molecular flexibility index (Phi) is 6.22. The summed E-state index contributed by atoms with van der Waals surface area (Å²) in [5.41, 5.74) is 2.64. The standard InChI is InChI=1S/C16H22O4/c1-5-20-15-10-9-13(11(2)12(15)3)14(17)7-6-8-16(18)19-4/h9-10H,5-8H2,1-4H3. The lowest BCUT2D eigenvalue weighted by atomic mass is 9.96. The Labute approximate surface area is 120 Å². The topological polar surface area (TPSA) is 52.6 Å². The van der Waals surface area contributed by atoms with Crippen LogP contribution in [0.4, 0.5) is 0 Å². The van der Waals surface area contributed by atoms with Gasteiger partial charge in [0, 0.05) is 18.4 Å². The molecule has 0 atom stereocenters. The molecule has 20 heavy (non-hydrogen) atoms. The Bertz CT molecular complexity index is 491. The molecule has 0 bridgehead atoms. The predicted molar refractivity (Wildman–Crippen MR) is 77.3 cm³/mol. The first-order chi connectivity index (χ1) is 9.51. The largest absolute Gasteiger partial charge is 0.494 e. The summed E-state index contributed by atoms with van der Waals surface area (Å²) < 4.78 is 10.1. The molecule has 0 saturated carbocycles. The minimum Gasteiger partial charge on any atom is -0.494 e. The zero-order valence-electron chi connectivity index (χ0n) is 12.6. The summed E-state index contributed by atoms with van der Waals surface area (Å²) >= 11 is 0. The van der Waals surface area contributed by atoms with Crippen LogP contribution in [-0.4, -0.2) is 25.5 Å². The highest BCUT2D eigenvalue weighted by Gasteiger charge is 2.14. The van der Waals surface area contributed by atoms with E-state index < -0.39 is 0 Å². The van der Waals surface area contributed by atoms with Crippen LogP contribution < -0.4 is 4.74 Å². The number of Topliss-reactive ketones (excluding diaryl/α,β-unsaturated/α-hetero) is 1. The Hall–Kier alpha value is -1.84. The molecule has 1 rings (SSSR count). The third kappa shape index (κ3) is 4.08. The molecule has 0 N–H and O–H groups in total. The smallest absolute Gasteiger partial charge is 0.305 e. The summed E-state index contributed by atoms with van der Waals surface area (Å²) in [7, 11) is 1.35. The van der Waals surface area contributed by atoms with Crippen LogP contribution in [-0.2, 0) is 9.53 Å². The summed E-state index contributed by atoms with van der Waals surface area (Å²) in [6, 6.07) is 3.63. The number of methoxy groups -OCH3 is 1. The number of carbonyl (C=O) groups is 2. The van der Waals surface area contributed by atoms with E-state index in [2.05, 4.69) is 4.74 Å². The molecule has 0 aliphatic heterocycles. The quantitative estimate of drug-likeness (QED) is 0.567. The minimum atomic E-state index is -0.280. The van der Waals surface area contributed by atoms with E-state index in [-0.39, 0.29) is 18.2 Å². The lowest BCUT2D eigenvalue weighted by Gasteiger charge is -2.13. The van der Waals surface area contributed by atoms with E-state index in [0.29, 0.717) is 25.0 Å². The molecule has 0 amide bonds. The molecular formula is C16H22O4. The van der Waals surface area contributed by atoms with Crippen molar-refractivity contribution >= 4 is 11.8 Å². The van der Waals surface area contributed by atoms with Gasteiger partial charge in [-0.2, -0.15) is 0 Å². The van der Waals surface area contributed by atoms with E-state index in [0.717, 1.165) is 16.9 Å². The lowest BCUT2D eigenvalue weighted by molar-refractivity contribution is -0.140. The van der Waals surface area contributed by atoms with Crippen LogP contribution in [0.25, 0.3) is 0 Å². The first kappa shape index (κ1) is 16.2. The summed E-state index contributed by atoms with van der Waals surface area (Å²) in [4.78, 5) is 23.2. The molecule has 0 radical (unpaired) electrons. The summed E-state index contributed by atoms with van der Waals surface area (Å²) in [5.74, 6) is 0.589. The molecule has 1 aromatic rings. The second kappa shape index (κ2) is 7.68. The van der Waals surface area contributed by atoms with Crippen LogP contribution >= 0.6 is 0 Å². The highest BCUT2D eigenvalue weighted by Crippen LogP contribution is 2.25. The Morgan fingerprint density at radius 3 is 2.40 bits per heavy atom. The molecule has 4 heteroatoms. The second-order valence-corrected chi connectivity index (χ2v) is 4.65. The fourth-order valence-corrected chi connectivity index (χ4v) is 2.04. The van der Waals surface area contributed by atoms with Crippen LogP contribution in [0.2, 0.25) is 0 Å². The lowest BCUT2D eigenvalue weighted by Crippen LogP contribution is -2.07. The van der Waals surface area contributed by atoms with Crippen molar-refractivity contribution in [2.45, 2.75) is 40.0 Å². The van der Waals surface area contributed by atoms with Crippen LogP contribution in [0.5, 0.6) is 5.75 Å². The summed E-state index contributed by atoms with van der Waals surface area (Å²) in [6.45, 7) is 6.41. The van der Waals surface area contributed by atoms with Gasteiger partial charge in [-0.1, -0.05) is 0 Å². The molecule has 0 aliphatic carbocycles. The fourth-order valence-electron chi connectivity index (χ4n) is 2.04. The van der Waals surface area contributed by atoms with Gasteiger partial charge in [0.2, 0.25) is 0 Å². The molecule has 110 valence electrons. The van der Waals surface area contributed by atoms with E-state index >= 15 is 0 Å². The second-order valence-electron chi connectivity index (χ2n) is 4.65. The third-order valence-corrected chi connectivity index (χ3v) is 3.35. The van der Waals surface area contributed by atoms with Crippen molar-refractivity contribution in [1.82, 2.24) is 0 Å². The molecular weight excluding hydrogens is 256 g/mol. The molecule has 0 saturated heterocycles. The van der Waals surface area contributed by atoms with Crippen molar-refractivity contribution in [1.29, 1.82) is 0 Å². The van der Waals surface area contributed by atoms with Crippen molar-refractivity contribution < 1.29 is 19.1 Å². The first-order valence-corrected chi connectivity index (χ1v) is 6.84. The van der Waals surface area contributed by atoms with Crippen LogP contribution in [0.15, 0.2) is 12.1 Å². The Morgan fingerprint density at radius 1 is 1.10 bits per heavy atom. The number of ketones is 1. The zero-order valence-corrected chi connectivity index (χ0v) is 12.6. The van der Waals surface area contributed by atoms with Gasteiger partial charge in [0.25, 0.3) is 0 Å². The average molecular weight is 278 g/mol. The summed E-state index contributed by atoms with van der Waals surface area (Å²) in [5, 5.41) is 0. The van der Waals surface area contributed by atoms with Crippen LogP contribution in [0.3, 0.4) is 0 Å². The van der Waals surface area contributed by atoms with Gasteiger partial charge in [-0.3, -0.25) is 9.59 Å². The van der Waals surface area contributed by atoms with Crippen molar-refractivity contribution in [2.24, 2.45) is 0 Å². The summed E-state index contributed by atoms with van der Waals surface area (Å²) in [6.07, 6.45) is 1.14. The van der Waals surface area contributed by atoms with Crippen molar-refractivity contribution in [3.63, 3.8) is 0 Å². The maximum Gasteiger partial charge on any atom is 0.305 e. The zero-order chi connectivity index (χ0) is 15.1. The average Bonchev–Trinajstić information content (AvgIpc) is 2.43. The van der Waals surface area contributed by atoms with Gasteiger partial charge >= 0.3 is 5.97 Å². The number of hydrogen-bond donors (Lipinski definition) is 0. The third-order valence-electron chi connectivity index (χ3n) is 3.35. The Morgan fingerprint density at radius 2 is 1.80 bits per heavy atom. The van der Waals surface area contributed by atoms with Crippen molar-refractivity contribution in [2.75, 3.05) is 13.7 Å². The minimum absolute atomic E-state index is 0.0533. The number of ether oxygens (including phenoxy) is 2. The van der Waals surface area contributed by atoms with Gasteiger partial charge in [-0.05, 0) is 50.5 Å². The first-order valence-electron chi connectivity index (χ1n) is 6.84. The molecule has 0 fully saturated rings. The molecule has 0 heterocycles. The van der Waals surface area contributed by atoms with E-state index in [4.69, 9.17) is 4.74 Å². The molecule has 0 unspecified atom stereocenters. The van der Waals surface area contributed by atoms with E-state index in [1.165, 1.54) is 7.11 Å². The number of carbonyl (C=O) groups excluding carboxylic acids is 2. The van der Waals surface area contributed by atoms with Gasteiger partial charge in [-0.15, -0.1) is 0 Å². The Balaban J connectivity index is 2.74. The molecule has 0 spiro atoms. The van der Waals surface area contributed by atoms with Gasteiger partial charge in [0.05, 0.1) is 13.7 Å². The van der Waals surface area contributed by atoms with Gasteiger partial charge in [0.15, 0.2) is 5.78 Å². The maximum atomic E-state index is 12.2. The highest BCUT2D eigenvalue weighted by atomic mass is 16.5. The SMILES string of the molecule is CCOc1ccc(C(=O)CCCC(=O)OC)c(C)c1C. The number of rotatable bonds is 7. The van der Waals surface area contributed by atoms with Crippen LogP contribution in [0, 0.1) is 13.8 Å². The van der Waals surface area contributed by atoms with Crippen molar-refractivity contribution in [3.05, 3.63) is 28.8 Å². The van der Waals surface area contributed by atoms with Crippen molar-refractivity contribution in [3.8, 4) is 5.75 Å². The van der Waals surface area contributed by atoms with Crippen LogP contribution in [0.1, 0.15) is 47.7 Å². The van der Waals surface area contributed by atoms with E-state index in [1.807, 2.05) is 26.8 Å². The fraction of sp³-hybridized carbons (Fsp3) is 0.500. The molecule has 4 nitrogen and oxygen atoms in total. The van der Waals surface area contributed by atoms with Gasteiger partial charge in [-0.25, -0.2) is 0 Å². The number of esters is 1. The highest BCUT2D eigenvalue weighted by molar-refractivity contribution is 5.98. The molecule has 0 aromatic heterocycles. The number of benzene rings is 1. The predicted octanol–water partition coefficient (Wildman–Crippen LogP) is 3.23. The maximum absolute atomic E-state index is 12.2. The van der Waals surface area contributed by atoms with E-state index in [1.54, 1.807) is 6.07 Å². The molecule has 1 aromatic carbocycles. The van der Waals surface area contributed by atoms with Gasteiger partial charge < -0.3 is 9.47 Å². The number of hydrogen-bond acceptors (Lipinski definition) is 4.